The molecule has 1 unspecified atom stereocenters. The maximum atomic E-state index is 11.3. The predicted octanol–water partition coefficient (Wildman–Crippen LogP) is 5.48. The monoisotopic (exact) mass is 327 g/mol. The highest BCUT2D eigenvalue weighted by molar-refractivity contribution is 5.78. The fraction of sp³-hybridized carbons (Fsp3) is 0.950. The van der Waals surface area contributed by atoms with Crippen molar-refractivity contribution in [3.63, 3.8) is 0 Å². The number of hydrogen-bond acceptors (Lipinski definition) is 3. The van der Waals surface area contributed by atoms with E-state index in [1.807, 2.05) is 0 Å². The largest absolute Gasteiger partial charge is 0.378 e. The summed E-state index contributed by atoms with van der Waals surface area (Å²) < 4.78 is 0. The molecule has 3 heteroatoms. The topological polar surface area (TPSA) is 63.3 Å². The first-order chi connectivity index (χ1) is 11.2. The number of carbonyl (C=O) groups excluding carboxylic acids is 1. The third kappa shape index (κ3) is 19.5. The van der Waals surface area contributed by atoms with Gasteiger partial charge in [-0.25, -0.2) is 0 Å². The Labute approximate surface area is 144 Å². The molecule has 0 amide bonds. The zero-order valence-corrected chi connectivity index (χ0v) is 15.5. The molecule has 0 heterocycles. The lowest BCUT2D eigenvalue weighted by Gasteiger charge is -2.04. The number of aliphatic hydroxyl groups excluding tert-OH is 1. The van der Waals surface area contributed by atoms with Crippen molar-refractivity contribution < 1.29 is 9.90 Å². The van der Waals surface area contributed by atoms with Gasteiger partial charge >= 0.3 is 0 Å². The van der Waals surface area contributed by atoms with Gasteiger partial charge in [-0.1, -0.05) is 96.8 Å². The van der Waals surface area contributed by atoms with E-state index in [0.717, 1.165) is 12.8 Å². The van der Waals surface area contributed by atoms with Crippen LogP contribution in [0.4, 0.5) is 0 Å². The summed E-state index contributed by atoms with van der Waals surface area (Å²) in [5.41, 5.74) is 5.18. The first-order valence-electron chi connectivity index (χ1n) is 10.1. The van der Waals surface area contributed by atoms with E-state index in [4.69, 9.17) is 10.8 Å². The van der Waals surface area contributed by atoms with E-state index in [1.54, 1.807) is 0 Å². The van der Waals surface area contributed by atoms with Gasteiger partial charge in [-0.2, -0.15) is 0 Å². The molecule has 3 N–H and O–H groups in total. The summed E-state index contributed by atoms with van der Waals surface area (Å²) in [6.07, 6.45) is 19.7. The van der Waals surface area contributed by atoms with Crippen LogP contribution in [-0.2, 0) is 4.79 Å². The summed E-state index contributed by atoms with van der Waals surface area (Å²) in [4.78, 5) is 11.3. The van der Waals surface area contributed by atoms with Crippen LogP contribution >= 0.6 is 0 Å². The number of Topliss-reactive ketones (excluding diaryl/α,β-unsaturated/α-hetero) is 1. The highest BCUT2D eigenvalue weighted by Crippen LogP contribution is 2.13. The number of hydrogen-bond donors (Lipinski definition) is 2. The summed E-state index contributed by atoms with van der Waals surface area (Å²) in [6.45, 7) is 2.27. The van der Waals surface area contributed by atoms with Crippen LogP contribution in [0.1, 0.15) is 116 Å². The molecule has 23 heavy (non-hydrogen) atoms. The first kappa shape index (κ1) is 22.6. The van der Waals surface area contributed by atoms with Crippen molar-refractivity contribution in [2.75, 3.05) is 0 Å². The minimum absolute atomic E-state index is 0.0923. The van der Waals surface area contributed by atoms with Gasteiger partial charge in [0.1, 0.15) is 12.0 Å². The lowest BCUT2D eigenvalue weighted by atomic mass is 10.0. The number of ketones is 1. The van der Waals surface area contributed by atoms with Crippen LogP contribution in [0.15, 0.2) is 0 Å². The second kappa shape index (κ2) is 17.9. The molecule has 0 bridgehead atoms. The highest BCUT2D eigenvalue weighted by atomic mass is 16.3. The maximum Gasteiger partial charge on any atom is 0.136 e. The zero-order chi connectivity index (χ0) is 17.2. The number of aliphatic hydroxyl groups is 1. The molecule has 0 spiro atoms. The molecule has 0 aliphatic heterocycles. The molecule has 0 fully saturated rings. The maximum absolute atomic E-state index is 11.3. The number of rotatable bonds is 18. The standard InChI is InChI=1S/C20H41NO2/c1-2-3-4-5-6-7-8-9-10-11-12-13-14-15-16-17-19(22)18-20(21)23/h20,23H,2-18,21H2,1H3. The van der Waals surface area contributed by atoms with E-state index in [9.17, 15) is 4.79 Å². The second-order valence-electron chi connectivity index (χ2n) is 7.01. The van der Waals surface area contributed by atoms with Gasteiger partial charge in [0.05, 0.1) is 0 Å². The summed E-state index contributed by atoms with van der Waals surface area (Å²) in [5, 5.41) is 8.91. The molecule has 138 valence electrons. The third-order valence-corrected chi connectivity index (χ3v) is 4.50. The molecule has 1 atom stereocenters. The summed E-state index contributed by atoms with van der Waals surface area (Å²) >= 11 is 0. The molecule has 3 nitrogen and oxygen atoms in total. The average molecular weight is 328 g/mol. The predicted molar refractivity (Wildman–Crippen MR) is 99.4 cm³/mol. The Balaban J connectivity index is 3.06. The van der Waals surface area contributed by atoms with E-state index in [2.05, 4.69) is 6.92 Å². The number of nitrogens with two attached hydrogens (primary N) is 1. The molecular formula is C20H41NO2. The van der Waals surface area contributed by atoms with Crippen molar-refractivity contribution in [1.82, 2.24) is 0 Å². The Morgan fingerprint density at radius 2 is 1.09 bits per heavy atom. The Bertz CT molecular complexity index is 254. The minimum Gasteiger partial charge on any atom is -0.378 e. The van der Waals surface area contributed by atoms with Gasteiger partial charge in [-0.15, -0.1) is 0 Å². The number of carbonyl (C=O) groups is 1. The van der Waals surface area contributed by atoms with E-state index < -0.39 is 6.23 Å². The smallest absolute Gasteiger partial charge is 0.136 e. The summed E-state index contributed by atoms with van der Waals surface area (Å²) in [6, 6.07) is 0. The lowest BCUT2D eigenvalue weighted by molar-refractivity contribution is -0.120. The van der Waals surface area contributed by atoms with Gasteiger partial charge in [0.15, 0.2) is 0 Å². The van der Waals surface area contributed by atoms with Crippen molar-refractivity contribution in [3.05, 3.63) is 0 Å². The fourth-order valence-corrected chi connectivity index (χ4v) is 3.03. The van der Waals surface area contributed by atoms with Crippen LogP contribution in [0.5, 0.6) is 0 Å². The van der Waals surface area contributed by atoms with Gasteiger partial charge in [0.25, 0.3) is 0 Å². The van der Waals surface area contributed by atoms with Crippen molar-refractivity contribution in [2.24, 2.45) is 5.73 Å². The SMILES string of the molecule is CCCCCCCCCCCCCCCCCC(=O)CC(N)O. The first-order valence-corrected chi connectivity index (χ1v) is 10.1. The van der Waals surface area contributed by atoms with Crippen LogP contribution in [0.3, 0.4) is 0 Å². The average Bonchev–Trinajstić information content (AvgIpc) is 2.50. The van der Waals surface area contributed by atoms with Gasteiger partial charge < -0.3 is 10.8 Å². The van der Waals surface area contributed by atoms with E-state index in [-0.39, 0.29) is 12.2 Å². The van der Waals surface area contributed by atoms with Crippen molar-refractivity contribution in [2.45, 2.75) is 122 Å². The fourth-order valence-electron chi connectivity index (χ4n) is 3.03. The van der Waals surface area contributed by atoms with Crippen LogP contribution in [0, 0.1) is 0 Å². The Kier molecular flexibility index (Phi) is 17.6. The van der Waals surface area contributed by atoms with Crippen LogP contribution in [-0.4, -0.2) is 17.1 Å². The van der Waals surface area contributed by atoms with Crippen LogP contribution in [0.25, 0.3) is 0 Å². The quantitative estimate of drug-likeness (QED) is 0.259. The molecule has 0 aromatic heterocycles. The van der Waals surface area contributed by atoms with Gasteiger partial charge in [0, 0.05) is 12.8 Å². The van der Waals surface area contributed by atoms with Crippen molar-refractivity contribution >= 4 is 5.78 Å². The Morgan fingerprint density at radius 1 is 0.739 bits per heavy atom. The van der Waals surface area contributed by atoms with Crippen molar-refractivity contribution in [3.8, 4) is 0 Å². The van der Waals surface area contributed by atoms with Crippen LogP contribution in [0.2, 0.25) is 0 Å². The normalized spacial score (nSPS) is 12.5. The molecule has 0 saturated carbocycles. The molecule has 0 radical (unpaired) electrons. The van der Waals surface area contributed by atoms with Gasteiger partial charge in [0.2, 0.25) is 0 Å². The molecule has 0 aliphatic carbocycles. The zero-order valence-electron chi connectivity index (χ0n) is 15.5. The molecule has 0 aliphatic rings. The molecular weight excluding hydrogens is 286 g/mol. The van der Waals surface area contributed by atoms with E-state index in [1.165, 1.54) is 83.5 Å². The lowest BCUT2D eigenvalue weighted by Crippen LogP contribution is -2.22. The van der Waals surface area contributed by atoms with Crippen LogP contribution < -0.4 is 5.73 Å². The second-order valence-corrected chi connectivity index (χ2v) is 7.01. The van der Waals surface area contributed by atoms with E-state index in [0.29, 0.717) is 6.42 Å². The number of unbranched alkanes of at least 4 members (excludes halogenated alkanes) is 14. The highest BCUT2D eigenvalue weighted by Gasteiger charge is 2.05. The molecule has 0 rings (SSSR count). The molecule has 0 saturated heterocycles. The van der Waals surface area contributed by atoms with Gasteiger partial charge in [-0.05, 0) is 6.42 Å². The van der Waals surface area contributed by atoms with E-state index >= 15 is 0 Å². The molecule has 0 aromatic carbocycles. The Morgan fingerprint density at radius 3 is 1.43 bits per heavy atom. The summed E-state index contributed by atoms with van der Waals surface area (Å²) in [7, 11) is 0. The Hall–Kier alpha value is -0.410. The molecule has 0 aromatic rings. The summed E-state index contributed by atoms with van der Waals surface area (Å²) in [5.74, 6) is 0.0923. The van der Waals surface area contributed by atoms with Gasteiger partial charge in [-0.3, -0.25) is 4.79 Å². The van der Waals surface area contributed by atoms with Crippen molar-refractivity contribution in [1.29, 1.82) is 0 Å². The minimum atomic E-state index is -0.973. The third-order valence-electron chi connectivity index (χ3n) is 4.50.